The molecule has 11 heteroatoms. The molecule has 0 amide bonds. The molecule has 1 saturated heterocycles. The number of nitrogens with one attached hydrogen (secondary N) is 2. The number of anilines is 1. The second-order valence-electron chi connectivity index (χ2n) is 9.03. The van der Waals surface area contributed by atoms with Crippen LogP contribution in [0, 0.1) is 5.92 Å². The number of pyridine rings is 2. The zero-order chi connectivity index (χ0) is 24.2. The Balaban J connectivity index is 1.34. The fraction of sp³-hybridized carbons (Fsp3) is 0.375. The molecule has 0 bridgehead atoms. The maximum Gasteiger partial charge on any atom is 0.395 e. The molecule has 35 heavy (non-hydrogen) atoms. The molecule has 2 fully saturated rings. The van der Waals surface area contributed by atoms with Crippen molar-refractivity contribution in [2.24, 2.45) is 5.92 Å². The molecule has 1 aliphatic carbocycles. The van der Waals surface area contributed by atoms with Crippen molar-refractivity contribution in [3.05, 3.63) is 49.1 Å². The Labute approximate surface area is 199 Å². The van der Waals surface area contributed by atoms with Gasteiger partial charge < -0.3 is 15.4 Å². The molecule has 2 N–H and O–H groups in total. The summed E-state index contributed by atoms with van der Waals surface area (Å²) >= 11 is 0. The summed E-state index contributed by atoms with van der Waals surface area (Å²) < 4.78 is 49.6. The largest absolute Gasteiger partial charge is 0.496 e. The maximum atomic E-state index is 13.4. The van der Waals surface area contributed by atoms with E-state index in [1.54, 1.807) is 25.4 Å². The first kappa shape index (κ1) is 21.9. The highest BCUT2D eigenvalue weighted by atomic mass is 19.4. The van der Waals surface area contributed by atoms with Crippen molar-refractivity contribution in [3.63, 3.8) is 0 Å². The lowest BCUT2D eigenvalue weighted by atomic mass is 10.0. The molecule has 2 aliphatic rings. The van der Waals surface area contributed by atoms with Crippen LogP contribution in [0.1, 0.15) is 18.9 Å². The van der Waals surface area contributed by atoms with Crippen LogP contribution < -0.4 is 15.4 Å². The first-order chi connectivity index (χ1) is 16.9. The summed E-state index contributed by atoms with van der Waals surface area (Å²) in [6.45, 7) is 0.124. The molecular weight excluding hydrogens is 459 g/mol. The van der Waals surface area contributed by atoms with Crippen molar-refractivity contribution in [2.75, 3.05) is 25.5 Å². The normalized spacial score (nSPS) is 20.5. The van der Waals surface area contributed by atoms with Crippen molar-refractivity contribution in [1.29, 1.82) is 0 Å². The van der Waals surface area contributed by atoms with Gasteiger partial charge in [-0.2, -0.15) is 18.3 Å². The Bertz CT molecular complexity index is 1380. The number of imidazole rings is 1. The average Bonchev–Trinajstić information content (AvgIpc) is 3.22. The van der Waals surface area contributed by atoms with E-state index in [0.29, 0.717) is 29.0 Å². The number of methoxy groups -OCH3 is 1. The van der Waals surface area contributed by atoms with Crippen LogP contribution >= 0.6 is 0 Å². The molecule has 2 atom stereocenters. The molecular formula is C24H24F3N7O. The summed E-state index contributed by atoms with van der Waals surface area (Å²) in [4.78, 5) is 9.11. The molecule has 5 heterocycles. The Morgan fingerprint density at radius 2 is 2.00 bits per heavy atom. The molecule has 2 unspecified atom stereocenters. The summed E-state index contributed by atoms with van der Waals surface area (Å²) in [5, 5.41) is 10.3. The standard InChI is InChI=1S/C24H24F3N7O/c1-35-21-7-23-29-11-20(33(23)13-16(21)14-8-30-34(12-14)15-5-6-15)18-3-2-4-22(31-18)32-19-10-28-9-17(19)24(25,26)27/h2-4,7-8,11-13,15,17,19,28H,5-6,9-10H2,1H3,(H,31,32). The van der Waals surface area contributed by atoms with Gasteiger partial charge in [-0.15, -0.1) is 0 Å². The fourth-order valence-electron chi connectivity index (χ4n) is 4.62. The van der Waals surface area contributed by atoms with Crippen molar-refractivity contribution in [1.82, 2.24) is 29.5 Å². The van der Waals surface area contributed by atoms with Gasteiger partial charge in [0.05, 0.1) is 48.9 Å². The number of rotatable bonds is 6. The van der Waals surface area contributed by atoms with Gasteiger partial charge in [-0.05, 0) is 25.0 Å². The monoisotopic (exact) mass is 483 g/mol. The topological polar surface area (TPSA) is 81.3 Å². The number of nitrogens with zero attached hydrogens (tertiary/aromatic N) is 5. The predicted molar refractivity (Wildman–Crippen MR) is 124 cm³/mol. The van der Waals surface area contributed by atoms with Crippen LogP contribution in [-0.2, 0) is 0 Å². The molecule has 4 aromatic heterocycles. The maximum absolute atomic E-state index is 13.4. The van der Waals surface area contributed by atoms with E-state index in [1.165, 1.54) is 0 Å². The zero-order valence-corrected chi connectivity index (χ0v) is 19.0. The van der Waals surface area contributed by atoms with Gasteiger partial charge in [0.1, 0.15) is 17.2 Å². The number of aromatic nitrogens is 5. The van der Waals surface area contributed by atoms with Crippen LogP contribution in [-0.4, -0.2) is 56.6 Å². The second kappa shape index (κ2) is 8.26. The van der Waals surface area contributed by atoms with Gasteiger partial charge in [-0.25, -0.2) is 9.97 Å². The Morgan fingerprint density at radius 3 is 2.77 bits per heavy atom. The summed E-state index contributed by atoms with van der Waals surface area (Å²) in [6.07, 6.45) is 5.49. The first-order valence-corrected chi connectivity index (χ1v) is 11.5. The first-order valence-electron chi connectivity index (χ1n) is 11.5. The third-order valence-corrected chi connectivity index (χ3v) is 6.64. The average molecular weight is 483 g/mol. The predicted octanol–water partition coefficient (Wildman–Crippen LogP) is 4.17. The van der Waals surface area contributed by atoms with Gasteiger partial charge in [0.25, 0.3) is 0 Å². The highest BCUT2D eigenvalue weighted by Gasteiger charge is 2.47. The van der Waals surface area contributed by atoms with E-state index in [1.807, 2.05) is 39.8 Å². The van der Waals surface area contributed by atoms with E-state index in [9.17, 15) is 13.2 Å². The minimum atomic E-state index is -4.27. The SMILES string of the molecule is COc1cc2ncc(-c3cccc(NC4CNCC4C(F)(F)F)n3)n2cc1-c1cnn(C2CC2)c1. The zero-order valence-electron chi connectivity index (χ0n) is 19.0. The Hall–Kier alpha value is -3.60. The summed E-state index contributed by atoms with van der Waals surface area (Å²) in [7, 11) is 1.62. The van der Waals surface area contributed by atoms with Gasteiger partial charge in [-0.1, -0.05) is 6.07 Å². The van der Waals surface area contributed by atoms with Crippen molar-refractivity contribution in [2.45, 2.75) is 31.1 Å². The number of halogens is 3. The number of hydrogen-bond acceptors (Lipinski definition) is 6. The van der Waals surface area contributed by atoms with Crippen molar-refractivity contribution >= 4 is 11.5 Å². The molecule has 0 aromatic carbocycles. The van der Waals surface area contributed by atoms with Gasteiger partial charge in [0.15, 0.2) is 0 Å². The van der Waals surface area contributed by atoms with Gasteiger partial charge >= 0.3 is 6.18 Å². The molecule has 1 saturated carbocycles. The van der Waals surface area contributed by atoms with Crippen LogP contribution in [0.2, 0.25) is 0 Å². The van der Waals surface area contributed by atoms with E-state index in [4.69, 9.17) is 4.74 Å². The van der Waals surface area contributed by atoms with E-state index in [2.05, 4.69) is 25.7 Å². The minimum Gasteiger partial charge on any atom is -0.496 e. The van der Waals surface area contributed by atoms with E-state index < -0.39 is 18.1 Å². The highest BCUT2D eigenvalue weighted by molar-refractivity contribution is 5.73. The van der Waals surface area contributed by atoms with Crippen LogP contribution in [0.25, 0.3) is 28.2 Å². The molecule has 0 spiro atoms. The lowest BCUT2D eigenvalue weighted by molar-refractivity contribution is -0.170. The van der Waals surface area contributed by atoms with Gasteiger partial charge in [0.2, 0.25) is 0 Å². The molecule has 8 nitrogen and oxygen atoms in total. The molecule has 6 rings (SSSR count). The van der Waals surface area contributed by atoms with Gasteiger partial charge in [-0.3, -0.25) is 9.08 Å². The quantitative estimate of drug-likeness (QED) is 0.429. The third kappa shape index (κ3) is 4.09. The Morgan fingerprint density at radius 1 is 1.14 bits per heavy atom. The molecule has 182 valence electrons. The smallest absolute Gasteiger partial charge is 0.395 e. The summed E-state index contributed by atoms with van der Waals surface area (Å²) in [5.41, 5.74) is 3.80. The molecule has 1 aliphatic heterocycles. The van der Waals surface area contributed by atoms with E-state index in [0.717, 1.165) is 29.7 Å². The lowest BCUT2D eigenvalue weighted by Gasteiger charge is -2.22. The van der Waals surface area contributed by atoms with Crippen LogP contribution in [0.5, 0.6) is 5.75 Å². The molecule has 0 radical (unpaired) electrons. The van der Waals surface area contributed by atoms with E-state index in [-0.39, 0.29) is 13.1 Å². The second-order valence-corrected chi connectivity index (χ2v) is 9.03. The fourth-order valence-corrected chi connectivity index (χ4v) is 4.62. The van der Waals surface area contributed by atoms with E-state index >= 15 is 0 Å². The van der Waals surface area contributed by atoms with Crippen LogP contribution in [0.15, 0.2) is 49.1 Å². The summed E-state index contributed by atoms with van der Waals surface area (Å²) in [6, 6.07) is 6.82. The number of fused-ring (bicyclic) bond motifs is 1. The third-order valence-electron chi connectivity index (χ3n) is 6.64. The van der Waals surface area contributed by atoms with Crippen LogP contribution in [0.4, 0.5) is 19.0 Å². The lowest BCUT2D eigenvalue weighted by Crippen LogP contribution is -2.38. The number of alkyl halides is 3. The number of hydrogen-bond donors (Lipinski definition) is 2. The highest BCUT2D eigenvalue weighted by Crippen LogP contribution is 2.38. The minimum absolute atomic E-state index is 0.101. The summed E-state index contributed by atoms with van der Waals surface area (Å²) in [5.74, 6) is -0.393. The number of ether oxygens (including phenoxy) is 1. The van der Waals surface area contributed by atoms with Crippen molar-refractivity contribution in [3.8, 4) is 28.3 Å². The van der Waals surface area contributed by atoms with Gasteiger partial charge in [0, 0.05) is 42.7 Å². The van der Waals surface area contributed by atoms with Crippen molar-refractivity contribution < 1.29 is 17.9 Å². The van der Waals surface area contributed by atoms with Crippen LogP contribution in [0.3, 0.4) is 0 Å². The Kier molecular flexibility index (Phi) is 5.17. The molecule has 4 aromatic rings.